The van der Waals surface area contributed by atoms with Crippen molar-refractivity contribution in [1.29, 1.82) is 0 Å². The molecule has 0 spiro atoms. The molecule has 0 saturated heterocycles. The van der Waals surface area contributed by atoms with E-state index in [0.717, 1.165) is 17.9 Å². The van der Waals surface area contributed by atoms with E-state index in [-0.39, 0.29) is 11.2 Å². The van der Waals surface area contributed by atoms with Gasteiger partial charge in [-0.1, -0.05) is 13.8 Å². The van der Waals surface area contributed by atoms with Crippen LogP contribution in [0.3, 0.4) is 0 Å². The van der Waals surface area contributed by atoms with E-state index in [1.54, 1.807) is 20.2 Å². The molecule has 7 heteroatoms. The molecule has 7 nitrogen and oxygen atoms in total. The number of esters is 1. The van der Waals surface area contributed by atoms with Crippen LogP contribution in [-0.2, 0) is 16.1 Å². The summed E-state index contributed by atoms with van der Waals surface area (Å²) in [6.07, 6.45) is 2.03. The summed E-state index contributed by atoms with van der Waals surface area (Å²) in [5.41, 5.74) is 0.370. The Morgan fingerprint density at radius 3 is 2.38 bits per heavy atom. The molecule has 1 heterocycles. The van der Waals surface area contributed by atoms with E-state index in [0.29, 0.717) is 31.9 Å². The van der Waals surface area contributed by atoms with Gasteiger partial charge in [-0.05, 0) is 44.0 Å². The number of benzene rings is 1. The third kappa shape index (κ3) is 6.27. The van der Waals surface area contributed by atoms with Crippen LogP contribution in [0.15, 0.2) is 41.3 Å². The number of rotatable bonds is 11. The van der Waals surface area contributed by atoms with Gasteiger partial charge in [-0.3, -0.25) is 4.79 Å². The van der Waals surface area contributed by atoms with E-state index in [1.165, 1.54) is 6.07 Å². The first-order valence-electron chi connectivity index (χ1n) is 9.80. The Morgan fingerprint density at radius 1 is 1.07 bits per heavy atom. The molecule has 0 fully saturated rings. The van der Waals surface area contributed by atoms with Crippen LogP contribution in [0.2, 0.25) is 0 Å². The number of hydrogen-bond donors (Lipinski definition) is 0. The first kappa shape index (κ1) is 22.3. The second-order valence-corrected chi connectivity index (χ2v) is 6.49. The molecule has 0 aliphatic heterocycles. The summed E-state index contributed by atoms with van der Waals surface area (Å²) in [5.74, 6) is 1.20. The van der Waals surface area contributed by atoms with Gasteiger partial charge in [-0.25, -0.2) is 4.79 Å². The maximum absolute atomic E-state index is 12.3. The molecule has 0 N–H and O–H groups in total. The minimum Gasteiger partial charge on any atom is -0.497 e. The molecule has 158 valence electrons. The van der Waals surface area contributed by atoms with Crippen molar-refractivity contribution in [1.82, 2.24) is 4.57 Å². The highest BCUT2D eigenvalue weighted by atomic mass is 16.6. The van der Waals surface area contributed by atoms with Crippen molar-refractivity contribution in [2.24, 2.45) is 0 Å². The number of methoxy groups -OCH3 is 1. The van der Waals surface area contributed by atoms with Gasteiger partial charge in [-0.2, -0.15) is 0 Å². The fraction of sp³-hybridized carbons (Fsp3) is 0.455. The maximum atomic E-state index is 12.3. The second kappa shape index (κ2) is 11.1. The first-order chi connectivity index (χ1) is 14.0. The van der Waals surface area contributed by atoms with Crippen molar-refractivity contribution >= 4 is 5.97 Å². The van der Waals surface area contributed by atoms with E-state index in [2.05, 4.69) is 0 Å². The maximum Gasteiger partial charge on any atom is 0.347 e. The zero-order valence-electron chi connectivity index (χ0n) is 17.5. The topological polar surface area (TPSA) is 76.0 Å². The van der Waals surface area contributed by atoms with Crippen LogP contribution in [0.1, 0.15) is 32.4 Å². The molecule has 2 aromatic rings. The van der Waals surface area contributed by atoms with E-state index in [4.69, 9.17) is 18.9 Å². The van der Waals surface area contributed by atoms with Crippen LogP contribution in [0.4, 0.5) is 0 Å². The van der Waals surface area contributed by atoms with Gasteiger partial charge in [-0.15, -0.1) is 0 Å². The average molecular weight is 403 g/mol. The minimum absolute atomic E-state index is 0.164. The van der Waals surface area contributed by atoms with Crippen molar-refractivity contribution in [2.75, 3.05) is 20.3 Å². The van der Waals surface area contributed by atoms with E-state index >= 15 is 0 Å². The molecule has 1 atom stereocenters. The normalized spacial score (nSPS) is 11.6. The van der Waals surface area contributed by atoms with Gasteiger partial charge >= 0.3 is 5.97 Å². The summed E-state index contributed by atoms with van der Waals surface area (Å²) in [7, 11) is 1.61. The Labute approximate surface area is 171 Å². The SMILES string of the molecule is CCCOC(=O)C(CC)Oc1c(C)n(CCOc2ccc(OC)cc2)ccc1=O. The third-order valence-electron chi connectivity index (χ3n) is 4.39. The lowest BCUT2D eigenvalue weighted by molar-refractivity contribution is -0.152. The summed E-state index contributed by atoms with van der Waals surface area (Å²) in [6.45, 7) is 6.78. The molecule has 0 radical (unpaired) electrons. The lowest BCUT2D eigenvalue weighted by Crippen LogP contribution is -2.31. The number of carbonyl (C=O) groups is 1. The van der Waals surface area contributed by atoms with Crippen LogP contribution in [-0.4, -0.2) is 37.0 Å². The molecule has 0 saturated carbocycles. The van der Waals surface area contributed by atoms with Crippen molar-refractivity contribution in [3.63, 3.8) is 0 Å². The lowest BCUT2D eigenvalue weighted by Gasteiger charge is -2.19. The Balaban J connectivity index is 2.04. The van der Waals surface area contributed by atoms with Crippen LogP contribution >= 0.6 is 0 Å². The third-order valence-corrected chi connectivity index (χ3v) is 4.39. The Kier molecular flexibility index (Phi) is 8.58. The van der Waals surface area contributed by atoms with Crippen LogP contribution in [0, 0.1) is 6.92 Å². The molecule has 1 aromatic carbocycles. The molecule has 1 aromatic heterocycles. The summed E-state index contributed by atoms with van der Waals surface area (Å²) in [5, 5.41) is 0. The van der Waals surface area contributed by atoms with E-state index < -0.39 is 12.1 Å². The van der Waals surface area contributed by atoms with Crippen molar-refractivity contribution in [3.8, 4) is 17.2 Å². The van der Waals surface area contributed by atoms with Gasteiger partial charge in [0.15, 0.2) is 11.9 Å². The highest BCUT2D eigenvalue weighted by Crippen LogP contribution is 2.18. The average Bonchev–Trinajstić information content (AvgIpc) is 2.74. The number of pyridine rings is 1. The van der Waals surface area contributed by atoms with Gasteiger partial charge < -0.3 is 23.5 Å². The first-order valence-corrected chi connectivity index (χ1v) is 9.80. The molecule has 0 aliphatic rings. The number of carbonyl (C=O) groups excluding carboxylic acids is 1. The molecular formula is C22H29NO6. The quantitative estimate of drug-likeness (QED) is 0.536. The fourth-order valence-corrected chi connectivity index (χ4v) is 2.71. The molecular weight excluding hydrogens is 374 g/mol. The second-order valence-electron chi connectivity index (χ2n) is 6.49. The van der Waals surface area contributed by atoms with Gasteiger partial charge in [0.05, 0.1) is 26.0 Å². The predicted molar refractivity (Wildman–Crippen MR) is 110 cm³/mol. The fourth-order valence-electron chi connectivity index (χ4n) is 2.71. The Bertz CT molecular complexity index is 843. The number of hydrogen-bond acceptors (Lipinski definition) is 6. The molecule has 29 heavy (non-hydrogen) atoms. The van der Waals surface area contributed by atoms with Gasteiger partial charge in [0, 0.05) is 12.3 Å². The standard InChI is InChI=1S/C22H29NO6/c1-5-14-28-22(25)20(6-2)29-21-16(3)23(12-11-19(21)24)13-15-27-18-9-7-17(26-4)8-10-18/h7-12,20H,5-6,13-15H2,1-4H3. The number of ether oxygens (including phenoxy) is 4. The molecule has 2 rings (SSSR count). The van der Waals surface area contributed by atoms with Gasteiger partial charge in [0.2, 0.25) is 5.43 Å². The zero-order chi connectivity index (χ0) is 21.2. The number of nitrogens with zero attached hydrogens (tertiary/aromatic N) is 1. The Hall–Kier alpha value is -2.96. The largest absolute Gasteiger partial charge is 0.497 e. The van der Waals surface area contributed by atoms with E-state index in [1.807, 2.05) is 42.7 Å². The highest BCUT2D eigenvalue weighted by Gasteiger charge is 2.22. The molecule has 0 aliphatic carbocycles. The summed E-state index contributed by atoms with van der Waals surface area (Å²) < 4.78 is 23.6. The molecule has 1 unspecified atom stereocenters. The van der Waals surface area contributed by atoms with Crippen molar-refractivity contribution in [2.45, 2.75) is 46.3 Å². The highest BCUT2D eigenvalue weighted by molar-refractivity contribution is 5.75. The predicted octanol–water partition coefficient (Wildman–Crippen LogP) is 3.35. The summed E-state index contributed by atoms with van der Waals surface area (Å²) >= 11 is 0. The molecule has 0 bridgehead atoms. The van der Waals surface area contributed by atoms with E-state index in [9.17, 15) is 9.59 Å². The summed E-state index contributed by atoms with van der Waals surface area (Å²) in [4.78, 5) is 24.4. The van der Waals surface area contributed by atoms with Crippen LogP contribution < -0.4 is 19.6 Å². The van der Waals surface area contributed by atoms with Gasteiger partial charge in [0.1, 0.15) is 18.1 Å². The number of aromatic nitrogens is 1. The van der Waals surface area contributed by atoms with Crippen molar-refractivity contribution < 1.29 is 23.7 Å². The van der Waals surface area contributed by atoms with Crippen LogP contribution in [0.25, 0.3) is 0 Å². The van der Waals surface area contributed by atoms with Crippen molar-refractivity contribution in [3.05, 3.63) is 52.4 Å². The zero-order valence-corrected chi connectivity index (χ0v) is 17.5. The lowest BCUT2D eigenvalue weighted by atomic mass is 10.2. The Morgan fingerprint density at radius 2 is 1.76 bits per heavy atom. The molecule has 0 amide bonds. The minimum atomic E-state index is -0.806. The summed E-state index contributed by atoms with van der Waals surface area (Å²) in [6, 6.07) is 8.75. The van der Waals surface area contributed by atoms with Crippen LogP contribution in [0.5, 0.6) is 17.2 Å². The van der Waals surface area contributed by atoms with Gasteiger partial charge in [0.25, 0.3) is 0 Å². The smallest absolute Gasteiger partial charge is 0.347 e. The monoisotopic (exact) mass is 403 g/mol.